The highest BCUT2D eigenvalue weighted by Crippen LogP contribution is 2.30. The van der Waals surface area contributed by atoms with Gasteiger partial charge in [0.05, 0.1) is 6.04 Å². The number of rotatable bonds is 4. The molecule has 0 fully saturated rings. The zero-order chi connectivity index (χ0) is 14.8. The minimum atomic E-state index is 0.124. The minimum Gasteiger partial charge on any atom is -0.271 e. The van der Waals surface area contributed by atoms with Gasteiger partial charge in [0.15, 0.2) is 0 Å². The van der Waals surface area contributed by atoms with Crippen molar-refractivity contribution in [2.45, 2.75) is 38.6 Å². The van der Waals surface area contributed by atoms with Gasteiger partial charge in [-0.25, -0.2) is 0 Å². The molecule has 0 heterocycles. The molecule has 0 radical (unpaired) electrons. The minimum absolute atomic E-state index is 0.124. The van der Waals surface area contributed by atoms with Crippen LogP contribution >= 0.6 is 15.9 Å². The first kappa shape index (κ1) is 14.8. The first-order valence-electron chi connectivity index (χ1n) is 7.51. The normalized spacial score (nSPS) is 15.0. The van der Waals surface area contributed by atoms with Crippen LogP contribution in [0.1, 0.15) is 40.3 Å². The monoisotopic (exact) mass is 344 g/mol. The number of benzene rings is 2. The maximum Gasteiger partial charge on any atom is 0.0511 e. The van der Waals surface area contributed by atoms with E-state index < -0.39 is 0 Å². The van der Waals surface area contributed by atoms with Crippen LogP contribution in [-0.2, 0) is 19.3 Å². The summed E-state index contributed by atoms with van der Waals surface area (Å²) in [5, 5.41) is 0. The van der Waals surface area contributed by atoms with Crippen LogP contribution in [0.5, 0.6) is 0 Å². The summed E-state index contributed by atoms with van der Waals surface area (Å²) in [4.78, 5) is 0. The van der Waals surface area contributed by atoms with Crippen molar-refractivity contribution in [2.24, 2.45) is 5.84 Å². The van der Waals surface area contributed by atoms with Crippen molar-refractivity contribution < 1.29 is 0 Å². The van der Waals surface area contributed by atoms with Gasteiger partial charge < -0.3 is 0 Å². The summed E-state index contributed by atoms with van der Waals surface area (Å²) >= 11 is 3.69. The van der Waals surface area contributed by atoms with E-state index in [1.165, 1.54) is 47.1 Å². The predicted octanol–water partition coefficient (Wildman–Crippen LogP) is 3.99. The average molecular weight is 345 g/mol. The Morgan fingerprint density at radius 1 is 1.19 bits per heavy atom. The number of hydrazine groups is 1. The zero-order valence-electron chi connectivity index (χ0n) is 12.3. The molecule has 2 nitrogen and oxygen atoms in total. The lowest BCUT2D eigenvalue weighted by Crippen LogP contribution is -2.30. The van der Waals surface area contributed by atoms with E-state index >= 15 is 0 Å². The molecule has 21 heavy (non-hydrogen) atoms. The van der Waals surface area contributed by atoms with Crippen LogP contribution in [0.4, 0.5) is 0 Å². The summed E-state index contributed by atoms with van der Waals surface area (Å²) in [6.45, 7) is 2.11. The van der Waals surface area contributed by atoms with Crippen LogP contribution in [0.15, 0.2) is 40.9 Å². The standard InChI is InChI=1S/C18H21BrN2/c1-12-4-2-7-16(18(12)19)17(21-20)11-13-8-9-14-5-3-6-15(14)10-13/h2,4,7-10,17,21H,3,5-6,11,20H2,1H3. The van der Waals surface area contributed by atoms with Crippen LogP contribution in [-0.4, -0.2) is 0 Å². The third kappa shape index (κ3) is 3.05. The molecule has 3 heteroatoms. The van der Waals surface area contributed by atoms with Crippen molar-refractivity contribution in [3.05, 3.63) is 68.7 Å². The van der Waals surface area contributed by atoms with Gasteiger partial charge in [-0.3, -0.25) is 11.3 Å². The molecular formula is C18H21BrN2. The summed E-state index contributed by atoms with van der Waals surface area (Å²) < 4.78 is 1.15. The number of nitrogens with one attached hydrogen (secondary N) is 1. The highest BCUT2D eigenvalue weighted by Gasteiger charge is 2.16. The van der Waals surface area contributed by atoms with Gasteiger partial charge in [0.2, 0.25) is 0 Å². The lowest BCUT2D eigenvalue weighted by Gasteiger charge is -2.19. The second-order valence-electron chi connectivity index (χ2n) is 5.86. The van der Waals surface area contributed by atoms with Crippen molar-refractivity contribution in [1.82, 2.24) is 5.43 Å². The molecule has 2 aromatic rings. The molecule has 1 unspecified atom stereocenters. The van der Waals surface area contributed by atoms with E-state index in [4.69, 9.17) is 5.84 Å². The van der Waals surface area contributed by atoms with E-state index in [1.807, 2.05) is 0 Å². The van der Waals surface area contributed by atoms with Gasteiger partial charge in [-0.05, 0) is 60.4 Å². The summed E-state index contributed by atoms with van der Waals surface area (Å²) in [7, 11) is 0. The first-order valence-corrected chi connectivity index (χ1v) is 8.30. The van der Waals surface area contributed by atoms with E-state index in [9.17, 15) is 0 Å². The predicted molar refractivity (Wildman–Crippen MR) is 91.1 cm³/mol. The molecule has 1 atom stereocenters. The van der Waals surface area contributed by atoms with Gasteiger partial charge in [0.1, 0.15) is 0 Å². The largest absolute Gasteiger partial charge is 0.271 e. The van der Waals surface area contributed by atoms with Crippen LogP contribution in [0, 0.1) is 6.92 Å². The summed E-state index contributed by atoms with van der Waals surface area (Å²) in [5.41, 5.74) is 9.83. The van der Waals surface area contributed by atoms with Crippen molar-refractivity contribution in [1.29, 1.82) is 0 Å². The molecule has 1 aliphatic carbocycles. The molecule has 0 amide bonds. The van der Waals surface area contributed by atoms with Crippen LogP contribution in [0.2, 0.25) is 0 Å². The Balaban J connectivity index is 1.86. The second-order valence-corrected chi connectivity index (χ2v) is 6.65. The lowest BCUT2D eigenvalue weighted by atomic mass is 9.96. The van der Waals surface area contributed by atoms with Crippen molar-refractivity contribution >= 4 is 15.9 Å². The van der Waals surface area contributed by atoms with Gasteiger partial charge in [-0.2, -0.15) is 0 Å². The Morgan fingerprint density at radius 2 is 2.00 bits per heavy atom. The van der Waals surface area contributed by atoms with Gasteiger partial charge in [-0.15, -0.1) is 0 Å². The highest BCUT2D eigenvalue weighted by molar-refractivity contribution is 9.10. The second kappa shape index (κ2) is 6.30. The number of halogens is 1. The molecule has 1 aliphatic rings. The Kier molecular flexibility index (Phi) is 4.43. The van der Waals surface area contributed by atoms with Gasteiger partial charge >= 0.3 is 0 Å². The Hall–Kier alpha value is -1.16. The Labute approximate surface area is 134 Å². The summed E-state index contributed by atoms with van der Waals surface area (Å²) in [5.74, 6) is 5.81. The van der Waals surface area contributed by atoms with Crippen LogP contribution in [0.3, 0.4) is 0 Å². The molecule has 0 saturated carbocycles. The zero-order valence-corrected chi connectivity index (χ0v) is 13.9. The summed E-state index contributed by atoms with van der Waals surface area (Å²) in [6, 6.07) is 13.3. The van der Waals surface area contributed by atoms with Crippen molar-refractivity contribution in [3.63, 3.8) is 0 Å². The average Bonchev–Trinajstić information content (AvgIpc) is 2.95. The fourth-order valence-corrected chi connectivity index (χ4v) is 3.73. The molecule has 0 spiro atoms. The third-order valence-corrected chi connectivity index (χ3v) is 5.48. The molecule has 2 aromatic carbocycles. The topological polar surface area (TPSA) is 38.0 Å². The van der Waals surface area contributed by atoms with E-state index in [0.29, 0.717) is 0 Å². The first-order chi connectivity index (χ1) is 10.2. The number of hydrogen-bond donors (Lipinski definition) is 2. The maximum atomic E-state index is 5.81. The van der Waals surface area contributed by atoms with Crippen molar-refractivity contribution in [3.8, 4) is 0 Å². The Morgan fingerprint density at radius 3 is 2.81 bits per heavy atom. The molecule has 3 rings (SSSR count). The number of nitrogens with two attached hydrogens (primary N) is 1. The van der Waals surface area contributed by atoms with E-state index in [2.05, 4.69) is 64.7 Å². The number of hydrogen-bond acceptors (Lipinski definition) is 2. The molecule has 0 bridgehead atoms. The molecule has 3 N–H and O–H groups in total. The fourth-order valence-electron chi connectivity index (χ4n) is 3.19. The van der Waals surface area contributed by atoms with Gasteiger partial charge in [0, 0.05) is 4.47 Å². The molecule has 0 aliphatic heterocycles. The maximum absolute atomic E-state index is 5.81. The summed E-state index contributed by atoms with van der Waals surface area (Å²) in [6.07, 6.45) is 4.66. The molecular weight excluding hydrogens is 324 g/mol. The SMILES string of the molecule is Cc1cccc(C(Cc2ccc3c(c2)CCC3)NN)c1Br. The smallest absolute Gasteiger partial charge is 0.0511 e. The van der Waals surface area contributed by atoms with E-state index in [-0.39, 0.29) is 6.04 Å². The Bertz CT molecular complexity index is 652. The van der Waals surface area contributed by atoms with E-state index in [1.54, 1.807) is 0 Å². The number of aryl methyl sites for hydroxylation is 3. The fraction of sp³-hybridized carbons (Fsp3) is 0.333. The third-order valence-electron chi connectivity index (χ3n) is 4.40. The quantitative estimate of drug-likeness (QED) is 0.649. The molecule has 0 saturated heterocycles. The van der Waals surface area contributed by atoms with Gasteiger partial charge in [0.25, 0.3) is 0 Å². The van der Waals surface area contributed by atoms with E-state index in [0.717, 1.165) is 10.9 Å². The van der Waals surface area contributed by atoms with Gasteiger partial charge in [-0.1, -0.05) is 52.3 Å². The van der Waals surface area contributed by atoms with Crippen molar-refractivity contribution in [2.75, 3.05) is 0 Å². The lowest BCUT2D eigenvalue weighted by molar-refractivity contribution is 0.549. The molecule has 0 aromatic heterocycles. The van der Waals surface area contributed by atoms with Crippen LogP contribution < -0.4 is 11.3 Å². The number of fused-ring (bicyclic) bond motifs is 1. The van der Waals surface area contributed by atoms with Crippen LogP contribution in [0.25, 0.3) is 0 Å². The molecule has 110 valence electrons. The highest BCUT2D eigenvalue weighted by atomic mass is 79.9.